The lowest BCUT2D eigenvalue weighted by Gasteiger charge is -2.27. The third kappa shape index (κ3) is 7.15. The smallest absolute Gasteiger partial charge is 0.228 e. The molecule has 0 atom stereocenters. The lowest BCUT2D eigenvalue weighted by molar-refractivity contribution is -0.118. The predicted molar refractivity (Wildman–Crippen MR) is 142 cm³/mol. The molecule has 35 heavy (non-hydrogen) atoms. The molecule has 1 aromatic heterocycles. The molecule has 1 saturated heterocycles. The highest BCUT2D eigenvalue weighted by Gasteiger charge is 2.22. The molecule has 1 aliphatic heterocycles. The van der Waals surface area contributed by atoms with Gasteiger partial charge in [0.05, 0.1) is 34.1 Å². The molecule has 188 valence electrons. The van der Waals surface area contributed by atoms with E-state index >= 15 is 0 Å². The zero-order chi connectivity index (χ0) is 24.8. The van der Waals surface area contributed by atoms with Gasteiger partial charge < -0.3 is 4.74 Å². The number of morpholine rings is 1. The van der Waals surface area contributed by atoms with Gasteiger partial charge in [-0.05, 0) is 55.3 Å². The zero-order valence-corrected chi connectivity index (χ0v) is 22.3. The normalized spacial score (nSPS) is 14.9. The molecular weight excluding hydrogens is 529 g/mol. The largest absolute Gasteiger partial charge is 0.379 e. The third-order valence-electron chi connectivity index (χ3n) is 5.81. The highest BCUT2D eigenvalue weighted by molar-refractivity contribution is 7.91. The van der Waals surface area contributed by atoms with Crippen molar-refractivity contribution in [3.8, 4) is 0 Å². The average molecular weight is 557 g/mol. The SMILES string of the molecule is O=C(CCCS(=O)(=O)c1ccc(Cl)cc1)N(CCCN1CCOCC1)c1nc2ccc(Cl)cc2s1. The number of amides is 1. The van der Waals surface area contributed by atoms with Gasteiger partial charge in [-0.25, -0.2) is 13.4 Å². The van der Waals surface area contributed by atoms with Gasteiger partial charge in [0.2, 0.25) is 5.91 Å². The maximum Gasteiger partial charge on any atom is 0.228 e. The molecule has 11 heteroatoms. The number of anilines is 1. The van der Waals surface area contributed by atoms with E-state index in [0.717, 1.165) is 49.5 Å². The number of fused-ring (bicyclic) bond motifs is 1. The number of hydrogen-bond donors (Lipinski definition) is 0. The van der Waals surface area contributed by atoms with E-state index < -0.39 is 9.84 Å². The van der Waals surface area contributed by atoms with E-state index in [0.29, 0.717) is 21.7 Å². The van der Waals surface area contributed by atoms with Crippen LogP contribution in [0.2, 0.25) is 10.0 Å². The molecule has 1 fully saturated rings. The van der Waals surface area contributed by atoms with E-state index in [1.807, 2.05) is 12.1 Å². The van der Waals surface area contributed by atoms with Crippen molar-refractivity contribution in [3.63, 3.8) is 0 Å². The molecular formula is C24H27Cl2N3O4S2. The number of rotatable bonds is 10. The highest BCUT2D eigenvalue weighted by atomic mass is 35.5. The Morgan fingerprint density at radius 1 is 1.06 bits per heavy atom. The number of carbonyl (C=O) groups excluding carboxylic acids is 1. The summed E-state index contributed by atoms with van der Waals surface area (Å²) in [5.74, 6) is -0.249. The van der Waals surface area contributed by atoms with Crippen molar-refractivity contribution < 1.29 is 17.9 Å². The number of thiazole rings is 1. The molecule has 0 bridgehead atoms. The molecule has 3 aromatic rings. The van der Waals surface area contributed by atoms with Crippen molar-refractivity contribution in [2.45, 2.75) is 24.2 Å². The Kier molecular flexibility index (Phi) is 9.02. The van der Waals surface area contributed by atoms with Crippen molar-refractivity contribution in [3.05, 3.63) is 52.5 Å². The standard InChI is InChI=1S/C24H27Cl2N3O4S2/c25-18-4-7-20(8-5-18)35(31,32)16-1-3-23(30)29(11-2-10-28-12-14-33-15-13-28)24-27-21-9-6-19(26)17-22(21)34-24/h4-9,17H,1-3,10-16H2. The van der Waals surface area contributed by atoms with Gasteiger partial charge in [-0.3, -0.25) is 14.6 Å². The van der Waals surface area contributed by atoms with E-state index in [1.165, 1.54) is 23.5 Å². The number of ether oxygens (including phenoxy) is 1. The van der Waals surface area contributed by atoms with E-state index in [9.17, 15) is 13.2 Å². The molecule has 0 unspecified atom stereocenters. The molecule has 0 aliphatic carbocycles. The molecule has 4 rings (SSSR count). The Balaban J connectivity index is 1.42. The van der Waals surface area contributed by atoms with Gasteiger partial charge in [-0.2, -0.15) is 0 Å². The minimum absolute atomic E-state index is 0.112. The summed E-state index contributed by atoms with van der Waals surface area (Å²) in [6.45, 7) is 4.58. The minimum atomic E-state index is -3.50. The van der Waals surface area contributed by atoms with Crippen LogP contribution in [0.15, 0.2) is 47.4 Å². The number of sulfone groups is 1. The number of carbonyl (C=O) groups is 1. The topological polar surface area (TPSA) is 79.8 Å². The van der Waals surface area contributed by atoms with Gasteiger partial charge in [-0.15, -0.1) is 0 Å². The van der Waals surface area contributed by atoms with Crippen molar-refractivity contribution >= 4 is 65.6 Å². The Bertz CT molecular complexity index is 1260. The van der Waals surface area contributed by atoms with Gasteiger partial charge in [0.15, 0.2) is 15.0 Å². The summed E-state index contributed by atoms with van der Waals surface area (Å²) in [7, 11) is -3.50. The van der Waals surface area contributed by atoms with Crippen molar-refractivity contribution in [2.75, 3.05) is 50.0 Å². The Morgan fingerprint density at radius 2 is 1.77 bits per heavy atom. The quantitative estimate of drug-likeness (QED) is 0.353. The van der Waals surface area contributed by atoms with Gasteiger partial charge >= 0.3 is 0 Å². The van der Waals surface area contributed by atoms with Crippen LogP contribution in [0.5, 0.6) is 0 Å². The van der Waals surface area contributed by atoms with Crippen LogP contribution < -0.4 is 4.90 Å². The summed E-state index contributed by atoms with van der Waals surface area (Å²) in [5.41, 5.74) is 0.783. The summed E-state index contributed by atoms with van der Waals surface area (Å²) >= 11 is 13.4. The monoisotopic (exact) mass is 555 g/mol. The van der Waals surface area contributed by atoms with Crippen LogP contribution in [0.4, 0.5) is 5.13 Å². The summed E-state index contributed by atoms with van der Waals surface area (Å²) in [4.78, 5) is 22.1. The summed E-state index contributed by atoms with van der Waals surface area (Å²) < 4.78 is 31.6. The Labute approximate surface area is 219 Å². The lowest BCUT2D eigenvalue weighted by atomic mass is 10.2. The fraction of sp³-hybridized carbons (Fsp3) is 0.417. The first-order valence-electron chi connectivity index (χ1n) is 11.5. The number of hydrogen-bond acceptors (Lipinski definition) is 7. The number of nitrogens with zero attached hydrogens (tertiary/aromatic N) is 3. The number of halogens is 2. The molecule has 1 amide bonds. The Morgan fingerprint density at radius 3 is 2.51 bits per heavy atom. The van der Waals surface area contributed by atoms with Crippen molar-refractivity contribution in [2.24, 2.45) is 0 Å². The zero-order valence-electron chi connectivity index (χ0n) is 19.2. The summed E-state index contributed by atoms with van der Waals surface area (Å²) in [5, 5.41) is 1.70. The highest BCUT2D eigenvalue weighted by Crippen LogP contribution is 2.31. The van der Waals surface area contributed by atoms with Gasteiger partial charge in [0, 0.05) is 42.6 Å². The van der Waals surface area contributed by atoms with E-state index in [1.54, 1.807) is 23.1 Å². The van der Waals surface area contributed by atoms with Crippen LogP contribution in [0.25, 0.3) is 10.2 Å². The van der Waals surface area contributed by atoms with E-state index in [-0.39, 0.29) is 29.4 Å². The van der Waals surface area contributed by atoms with Crippen LogP contribution in [-0.4, -0.2) is 69.4 Å². The molecule has 0 radical (unpaired) electrons. The number of benzene rings is 2. The molecule has 0 N–H and O–H groups in total. The first-order chi connectivity index (χ1) is 16.8. The van der Waals surface area contributed by atoms with Gasteiger partial charge in [-0.1, -0.05) is 34.5 Å². The number of aromatic nitrogens is 1. The molecule has 2 aromatic carbocycles. The molecule has 1 aliphatic rings. The second-order valence-electron chi connectivity index (χ2n) is 8.34. The van der Waals surface area contributed by atoms with Crippen LogP contribution in [-0.2, 0) is 19.4 Å². The molecule has 0 spiro atoms. The van der Waals surface area contributed by atoms with Crippen molar-refractivity contribution in [1.29, 1.82) is 0 Å². The van der Waals surface area contributed by atoms with Crippen LogP contribution in [0.1, 0.15) is 19.3 Å². The molecule has 2 heterocycles. The summed E-state index contributed by atoms with van der Waals surface area (Å²) in [6.07, 6.45) is 1.12. The van der Waals surface area contributed by atoms with Gasteiger partial charge in [0.1, 0.15) is 0 Å². The van der Waals surface area contributed by atoms with Crippen LogP contribution >= 0.6 is 34.5 Å². The Hall–Kier alpha value is -1.75. The maximum absolute atomic E-state index is 13.3. The van der Waals surface area contributed by atoms with Crippen molar-refractivity contribution in [1.82, 2.24) is 9.88 Å². The lowest BCUT2D eigenvalue weighted by Crippen LogP contribution is -2.39. The maximum atomic E-state index is 13.3. The first kappa shape index (κ1) is 26.3. The molecule has 0 saturated carbocycles. The van der Waals surface area contributed by atoms with E-state index in [4.69, 9.17) is 27.9 Å². The second-order valence-corrected chi connectivity index (χ2v) is 12.3. The van der Waals surface area contributed by atoms with Crippen LogP contribution in [0.3, 0.4) is 0 Å². The van der Waals surface area contributed by atoms with E-state index in [2.05, 4.69) is 9.88 Å². The average Bonchev–Trinajstić information content (AvgIpc) is 3.25. The minimum Gasteiger partial charge on any atom is -0.379 e. The molecule has 7 nitrogen and oxygen atoms in total. The van der Waals surface area contributed by atoms with Crippen LogP contribution in [0, 0.1) is 0 Å². The first-order valence-corrected chi connectivity index (χ1v) is 14.7. The second kappa shape index (κ2) is 12.0. The van der Waals surface area contributed by atoms with Gasteiger partial charge in [0.25, 0.3) is 0 Å². The predicted octanol–water partition coefficient (Wildman–Crippen LogP) is 4.91. The fourth-order valence-electron chi connectivity index (χ4n) is 3.91. The third-order valence-corrected chi connectivity index (χ3v) is 9.15. The summed E-state index contributed by atoms with van der Waals surface area (Å²) in [6, 6.07) is 11.5. The fourth-order valence-corrected chi connectivity index (χ4v) is 6.64.